The molecule has 27 heavy (non-hydrogen) atoms. The summed E-state index contributed by atoms with van der Waals surface area (Å²) in [5.41, 5.74) is -0.633. The first-order chi connectivity index (χ1) is 12.5. The molecular formula is C21H33NO5. The van der Waals surface area contributed by atoms with Crippen molar-refractivity contribution < 1.29 is 23.8 Å². The molecule has 0 heterocycles. The summed E-state index contributed by atoms with van der Waals surface area (Å²) in [5, 5.41) is 2.51. The number of rotatable bonds is 8. The molecule has 0 saturated heterocycles. The van der Waals surface area contributed by atoms with Crippen LogP contribution in [0.2, 0.25) is 0 Å². The van der Waals surface area contributed by atoms with E-state index in [4.69, 9.17) is 14.2 Å². The number of nitrogens with one attached hydrogen (secondary N) is 1. The second kappa shape index (κ2) is 10.2. The lowest BCUT2D eigenvalue weighted by Crippen LogP contribution is -2.45. The fraction of sp³-hybridized carbons (Fsp3) is 0.619. The molecule has 1 amide bonds. The average Bonchev–Trinajstić information content (AvgIpc) is 2.52. The monoisotopic (exact) mass is 379 g/mol. The van der Waals surface area contributed by atoms with Gasteiger partial charge in [0.1, 0.15) is 29.6 Å². The van der Waals surface area contributed by atoms with Crippen LogP contribution in [0.15, 0.2) is 30.3 Å². The Balaban J connectivity index is 2.68. The van der Waals surface area contributed by atoms with Crippen LogP contribution in [-0.4, -0.2) is 35.9 Å². The quantitative estimate of drug-likeness (QED) is 0.681. The van der Waals surface area contributed by atoms with Crippen LogP contribution in [-0.2, 0) is 14.3 Å². The van der Waals surface area contributed by atoms with Crippen molar-refractivity contribution in [2.45, 2.75) is 78.7 Å². The Morgan fingerprint density at radius 1 is 1.04 bits per heavy atom. The van der Waals surface area contributed by atoms with Crippen LogP contribution < -0.4 is 10.1 Å². The zero-order chi connectivity index (χ0) is 20.6. The highest BCUT2D eigenvalue weighted by molar-refractivity contribution is 5.81. The number of hydrogen-bond acceptors (Lipinski definition) is 5. The van der Waals surface area contributed by atoms with Gasteiger partial charge in [0.15, 0.2) is 0 Å². The molecule has 6 heteroatoms. The summed E-state index contributed by atoms with van der Waals surface area (Å²) in [6, 6.07) is 8.58. The van der Waals surface area contributed by atoms with Crippen LogP contribution in [0.4, 0.5) is 4.79 Å². The largest absolute Gasteiger partial charge is 0.487 e. The molecule has 0 aliphatic heterocycles. The normalized spacial score (nSPS) is 14.8. The van der Waals surface area contributed by atoms with Crippen LogP contribution in [0.5, 0.6) is 5.75 Å². The molecular weight excluding hydrogens is 346 g/mol. The molecule has 1 aromatic carbocycles. The second-order valence-corrected chi connectivity index (χ2v) is 8.11. The molecule has 3 atom stereocenters. The van der Waals surface area contributed by atoms with Gasteiger partial charge in [-0.05, 0) is 59.1 Å². The van der Waals surface area contributed by atoms with Crippen molar-refractivity contribution in [2.24, 2.45) is 5.92 Å². The first-order valence-corrected chi connectivity index (χ1v) is 9.39. The molecule has 0 bridgehead atoms. The van der Waals surface area contributed by atoms with Crippen LogP contribution >= 0.6 is 0 Å². The summed E-state index contributed by atoms with van der Waals surface area (Å²) in [6.45, 7) is 12.8. The Bertz CT molecular complexity index is 594. The highest BCUT2D eigenvalue weighted by Crippen LogP contribution is 2.19. The van der Waals surface area contributed by atoms with E-state index in [2.05, 4.69) is 19.2 Å². The van der Waals surface area contributed by atoms with Gasteiger partial charge in [0, 0.05) is 0 Å². The number of amides is 1. The van der Waals surface area contributed by atoms with Crippen molar-refractivity contribution in [2.75, 3.05) is 0 Å². The zero-order valence-electron chi connectivity index (χ0n) is 17.4. The molecule has 0 aromatic heterocycles. The van der Waals surface area contributed by atoms with Gasteiger partial charge < -0.3 is 19.5 Å². The second-order valence-electron chi connectivity index (χ2n) is 8.11. The van der Waals surface area contributed by atoms with Gasteiger partial charge in [-0.3, -0.25) is 0 Å². The lowest BCUT2D eigenvalue weighted by Gasteiger charge is -2.28. The SMILES string of the molecule is CC(C)C[C@H](OC(=O)[C@H](C)NC(=O)OC(C)(C)C)[C@H](C)Oc1ccccc1. The smallest absolute Gasteiger partial charge is 0.408 e. The minimum absolute atomic E-state index is 0.318. The van der Waals surface area contributed by atoms with Crippen molar-refractivity contribution in [3.63, 3.8) is 0 Å². The van der Waals surface area contributed by atoms with Crippen molar-refractivity contribution in [3.05, 3.63) is 30.3 Å². The van der Waals surface area contributed by atoms with E-state index in [9.17, 15) is 9.59 Å². The molecule has 0 unspecified atom stereocenters. The van der Waals surface area contributed by atoms with Crippen LogP contribution in [0.3, 0.4) is 0 Å². The Labute approximate surface area is 162 Å². The molecule has 0 saturated carbocycles. The minimum Gasteiger partial charge on any atom is -0.487 e. The van der Waals surface area contributed by atoms with Crippen LogP contribution in [0, 0.1) is 5.92 Å². The summed E-state index contributed by atoms with van der Waals surface area (Å²) in [4.78, 5) is 24.3. The highest BCUT2D eigenvalue weighted by Gasteiger charge is 2.28. The van der Waals surface area contributed by atoms with Crippen molar-refractivity contribution in [1.29, 1.82) is 0 Å². The summed E-state index contributed by atoms with van der Waals surface area (Å²) in [6.07, 6.45) is -0.757. The topological polar surface area (TPSA) is 73.9 Å². The zero-order valence-corrected chi connectivity index (χ0v) is 17.4. The average molecular weight is 379 g/mol. The predicted molar refractivity (Wildman–Crippen MR) is 105 cm³/mol. The van der Waals surface area contributed by atoms with Gasteiger partial charge in [0.05, 0.1) is 0 Å². The molecule has 1 N–H and O–H groups in total. The Morgan fingerprint density at radius 3 is 2.15 bits per heavy atom. The number of para-hydroxylation sites is 1. The Hall–Kier alpha value is -2.24. The number of carbonyl (C=O) groups is 2. The molecule has 0 radical (unpaired) electrons. The number of alkyl carbamates (subject to hydrolysis) is 1. The Morgan fingerprint density at radius 2 is 1.63 bits per heavy atom. The van der Waals surface area contributed by atoms with E-state index in [-0.39, 0.29) is 6.10 Å². The van der Waals surface area contributed by atoms with E-state index >= 15 is 0 Å². The maximum Gasteiger partial charge on any atom is 0.408 e. The van der Waals surface area contributed by atoms with E-state index in [1.54, 1.807) is 27.7 Å². The van der Waals surface area contributed by atoms with E-state index in [1.807, 2.05) is 37.3 Å². The van der Waals surface area contributed by atoms with Crippen LogP contribution in [0.25, 0.3) is 0 Å². The minimum atomic E-state index is -0.821. The summed E-state index contributed by atoms with van der Waals surface area (Å²) in [5.74, 6) is 0.517. The number of hydrogen-bond donors (Lipinski definition) is 1. The third-order valence-corrected chi connectivity index (χ3v) is 3.65. The third-order valence-electron chi connectivity index (χ3n) is 3.65. The van der Waals surface area contributed by atoms with E-state index in [0.717, 1.165) is 5.75 Å². The Kier molecular flexibility index (Phi) is 8.60. The highest BCUT2D eigenvalue weighted by atomic mass is 16.6. The maximum absolute atomic E-state index is 12.4. The van der Waals surface area contributed by atoms with E-state index < -0.39 is 29.8 Å². The van der Waals surface area contributed by atoms with Crippen molar-refractivity contribution in [1.82, 2.24) is 5.32 Å². The van der Waals surface area contributed by atoms with Crippen LogP contribution in [0.1, 0.15) is 54.9 Å². The lowest BCUT2D eigenvalue weighted by atomic mass is 10.0. The van der Waals surface area contributed by atoms with Gasteiger partial charge in [-0.2, -0.15) is 0 Å². The lowest BCUT2D eigenvalue weighted by molar-refractivity contribution is -0.156. The molecule has 6 nitrogen and oxygen atoms in total. The standard InChI is InChI=1S/C21H33NO5/c1-14(2)13-18(16(4)25-17-11-9-8-10-12-17)26-19(23)15(3)22-20(24)27-21(5,6)7/h8-12,14-16,18H,13H2,1-7H3,(H,22,24)/t15-,16-,18-/m0/s1. The van der Waals surface area contributed by atoms with Gasteiger partial charge in [0.2, 0.25) is 0 Å². The van der Waals surface area contributed by atoms with Gasteiger partial charge in [-0.25, -0.2) is 9.59 Å². The molecule has 1 aromatic rings. The molecule has 0 aliphatic carbocycles. The predicted octanol–water partition coefficient (Wildman–Crippen LogP) is 4.33. The van der Waals surface area contributed by atoms with E-state index in [0.29, 0.717) is 12.3 Å². The fourth-order valence-electron chi connectivity index (χ4n) is 2.38. The summed E-state index contributed by atoms with van der Waals surface area (Å²) >= 11 is 0. The van der Waals surface area contributed by atoms with Gasteiger partial charge in [0.25, 0.3) is 0 Å². The number of esters is 1. The molecule has 0 aliphatic rings. The third kappa shape index (κ3) is 9.31. The van der Waals surface area contributed by atoms with Crippen molar-refractivity contribution >= 4 is 12.1 Å². The fourth-order valence-corrected chi connectivity index (χ4v) is 2.38. The summed E-state index contributed by atoms with van der Waals surface area (Å²) < 4.78 is 16.7. The first-order valence-electron chi connectivity index (χ1n) is 9.39. The molecule has 0 fully saturated rings. The number of carbonyl (C=O) groups excluding carboxylic acids is 2. The molecule has 152 valence electrons. The van der Waals surface area contributed by atoms with E-state index in [1.165, 1.54) is 0 Å². The van der Waals surface area contributed by atoms with Gasteiger partial charge in [-0.15, -0.1) is 0 Å². The molecule has 0 spiro atoms. The maximum atomic E-state index is 12.4. The van der Waals surface area contributed by atoms with Gasteiger partial charge >= 0.3 is 12.1 Å². The number of ether oxygens (including phenoxy) is 3. The molecule has 1 rings (SSSR count). The van der Waals surface area contributed by atoms with Gasteiger partial charge in [-0.1, -0.05) is 32.0 Å². The van der Waals surface area contributed by atoms with Crippen molar-refractivity contribution in [3.8, 4) is 5.75 Å². The summed E-state index contributed by atoms with van der Waals surface area (Å²) in [7, 11) is 0. The number of benzene rings is 1. The first kappa shape index (κ1) is 22.8.